The van der Waals surface area contributed by atoms with Crippen molar-refractivity contribution in [2.75, 3.05) is 13.1 Å². The van der Waals surface area contributed by atoms with Crippen molar-refractivity contribution in [1.82, 2.24) is 4.90 Å². The van der Waals surface area contributed by atoms with Crippen LogP contribution in [0.4, 0.5) is 4.79 Å². The van der Waals surface area contributed by atoms with Crippen LogP contribution in [0.15, 0.2) is 30.3 Å². The Bertz CT molecular complexity index is 431. The van der Waals surface area contributed by atoms with Gasteiger partial charge in [0.2, 0.25) is 0 Å². The number of rotatable bonds is 2. The van der Waals surface area contributed by atoms with Gasteiger partial charge in [0.15, 0.2) is 0 Å². The van der Waals surface area contributed by atoms with Gasteiger partial charge in [-0.1, -0.05) is 30.3 Å². The van der Waals surface area contributed by atoms with Gasteiger partial charge in [-0.05, 0) is 5.56 Å². The molecule has 0 bridgehead atoms. The first-order valence-electron chi connectivity index (χ1n) is 5.35. The molecule has 0 aromatic heterocycles. The predicted octanol–water partition coefficient (Wildman–Crippen LogP) is 1.46. The lowest BCUT2D eigenvalue weighted by Crippen LogP contribution is -2.28. The molecule has 1 amide bonds. The van der Waals surface area contributed by atoms with Crippen molar-refractivity contribution < 1.29 is 19.8 Å². The van der Waals surface area contributed by atoms with Crippen LogP contribution in [0.25, 0.3) is 0 Å². The maximum Gasteiger partial charge on any atom is 0.407 e. The summed E-state index contributed by atoms with van der Waals surface area (Å²) in [6, 6.07) is 9.19. The average molecular weight is 235 g/mol. The molecule has 1 aromatic carbocycles. The second-order valence-corrected chi connectivity index (χ2v) is 4.15. The standard InChI is InChI=1S/C12H13NO4/c14-11(15)10-7-13(12(16)17)6-9(10)8-4-2-1-3-5-8/h1-5,9-10H,6-7H2,(H,14,15)(H,16,17)/t9-,10-/m1/s1. The fourth-order valence-corrected chi connectivity index (χ4v) is 2.25. The third kappa shape index (κ3) is 2.22. The molecule has 1 aromatic rings. The molecule has 1 saturated heterocycles. The molecule has 17 heavy (non-hydrogen) atoms. The zero-order chi connectivity index (χ0) is 12.4. The molecule has 2 atom stereocenters. The van der Waals surface area contributed by atoms with Crippen molar-refractivity contribution >= 4 is 12.1 Å². The maximum absolute atomic E-state index is 11.1. The Labute approximate surface area is 98.3 Å². The van der Waals surface area contributed by atoms with Crippen molar-refractivity contribution in [2.24, 2.45) is 5.92 Å². The number of carbonyl (C=O) groups is 2. The smallest absolute Gasteiger partial charge is 0.407 e. The van der Waals surface area contributed by atoms with Gasteiger partial charge in [0, 0.05) is 19.0 Å². The van der Waals surface area contributed by atoms with Crippen molar-refractivity contribution in [3.05, 3.63) is 35.9 Å². The number of carboxylic acid groups (broad SMARTS) is 2. The zero-order valence-corrected chi connectivity index (χ0v) is 9.11. The molecule has 5 heteroatoms. The molecule has 2 N–H and O–H groups in total. The quantitative estimate of drug-likeness (QED) is 0.813. The number of aliphatic carboxylic acids is 1. The average Bonchev–Trinajstić information content (AvgIpc) is 2.75. The van der Waals surface area contributed by atoms with Gasteiger partial charge in [0.1, 0.15) is 0 Å². The lowest BCUT2D eigenvalue weighted by Gasteiger charge is -2.14. The molecule has 0 saturated carbocycles. The fraction of sp³-hybridized carbons (Fsp3) is 0.333. The van der Waals surface area contributed by atoms with E-state index in [1.165, 1.54) is 0 Å². The van der Waals surface area contributed by atoms with E-state index in [1.807, 2.05) is 30.3 Å². The summed E-state index contributed by atoms with van der Waals surface area (Å²) in [4.78, 5) is 23.2. The molecule has 1 fully saturated rings. The largest absolute Gasteiger partial charge is 0.481 e. The lowest BCUT2D eigenvalue weighted by atomic mass is 9.89. The van der Waals surface area contributed by atoms with Gasteiger partial charge in [-0.3, -0.25) is 4.79 Å². The first-order valence-corrected chi connectivity index (χ1v) is 5.35. The minimum absolute atomic E-state index is 0.0597. The molecule has 1 heterocycles. The Hall–Kier alpha value is -2.04. The second kappa shape index (κ2) is 4.45. The molecule has 1 aliphatic heterocycles. The number of amides is 1. The third-order valence-corrected chi connectivity index (χ3v) is 3.14. The van der Waals surface area contributed by atoms with E-state index >= 15 is 0 Å². The molecular formula is C12H13NO4. The van der Waals surface area contributed by atoms with Crippen LogP contribution >= 0.6 is 0 Å². The fourth-order valence-electron chi connectivity index (χ4n) is 2.25. The van der Waals surface area contributed by atoms with E-state index in [-0.39, 0.29) is 19.0 Å². The van der Waals surface area contributed by atoms with Crippen LogP contribution in [0.5, 0.6) is 0 Å². The van der Waals surface area contributed by atoms with Gasteiger partial charge in [-0.25, -0.2) is 4.79 Å². The monoisotopic (exact) mass is 235 g/mol. The molecule has 0 radical (unpaired) electrons. The Balaban J connectivity index is 2.26. The third-order valence-electron chi connectivity index (χ3n) is 3.14. The topological polar surface area (TPSA) is 77.8 Å². The highest BCUT2D eigenvalue weighted by molar-refractivity contribution is 5.75. The summed E-state index contributed by atoms with van der Waals surface area (Å²) >= 11 is 0. The molecular weight excluding hydrogens is 222 g/mol. The van der Waals surface area contributed by atoms with Crippen molar-refractivity contribution in [3.8, 4) is 0 Å². The Kier molecular flexibility index (Phi) is 2.99. The van der Waals surface area contributed by atoms with Crippen LogP contribution in [0.1, 0.15) is 11.5 Å². The summed E-state index contributed by atoms with van der Waals surface area (Å²) in [6.07, 6.45) is -1.06. The van der Waals surface area contributed by atoms with Crippen molar-refractivity contribution in [2.45, 2.75) is 5.92 Å². The van der Waals surface area contributed by atoms with E-state index in [2.05, 4.69) is 0 Å². The number of carboxylic acids is 1. The first kappa shape index (κ1) is 11.4. The molecule has 1 aliphatic rings. The van der Waals surface area contributed by atoms with E-state index in [0.29, 0.717) is 0 Å². The Morgan fingerprint density at radius 3 is 2.29 bits per heavy atom. The molecule has 0 unspecified atom stereocenters. The van der Waals surface area contributed by atoms with Crippen molar-refractivity contribution in [1.29, 1.82) is 0 Å². The SMILES string of the molecule is O=C(O)[C@@H]1CN(C(=O)O)C[C@@H]1c1ccccc1. The van der Waals surface area contributed by atoms with Crippen LogP contribution in [0, 0.1) is 5.92 Å². The van der Waals surface area contributed by atoms with Gasteiger partial charge in [0.25, 0.3) is 0 Å². The van der Waals surface area contributed by atoms with Gasteiger partial charge in [0.05, 0.1) is 5.92 Å². The van der Waals surface area contributed by atoms with Gasteiger partial charge < -0.3 is 15.1 Å². The number of hydrogen-bond acceptors (Lipinski definition) is 2. The van der Waals surface area contributed by atoms with E-state index < -0.39 is 18.0 Å². The van der Waals surface area contributed by atoms with E-state index in [4.69, 9.17) is 10.2 Å². The highest BCUT2D eigenvalue weighted by atomic mass is 16.4. The van der Waals surface area contributed by atoms with Crippen LogP contribution in [0.2, 0.25) is 0 Å². The summed E-state index contributed by atoms with van der Waals surface area (Å²) in [7, 11) is 0. The van der Waals surface area contributed by atoms with E-state index in [1.54, 1.807) is 0 Å². The minimum atomic E-state index is -1.06. The molecule has 0 spiro atoms. The summed E-state index contributed by atoms with van der Waals surface area (Å²) in [5.74, 6) is -1.86. The van der Waals surface area contributed by atoms with Crippen LogP contribution in [-0.2, 0) is 4.79 Å². The Morgan fingerprint density at radius 1 is 1.12 bits per heavy atom. The van der Waals surface area contributed by atoms with Gasteiger partial charge in [-0.2, -0.15) is 0 Å². The van der Waals surface area contributed by atoms with Gasteiger partial charge in [-0.15, -0.1) is 0 Å². The highest BCUT2D eigenvalue weighted by Crippen LogP contribution is 2.32. The summed E-state index contributed by atoms with van der Waals surface area (Å²) in [5, 5.41) is 18.0. The number of benzene rings is 1. The number of hydrogen-bond donors (Lipinski definition) is 2. The van der Waals surface area contributed by atoms with E-state index in [9.17, 15) is 9.59 Å². The van der Waals surface area contributed by atoms with Crippen LogP contribution in [-0.4, -0.2) is 40.3 Å². The van der Waals surface area contributed by atoms with Crippen LogP contribution in [0.3, 0.4) is 0 Å². The Morgan fingerprint density at radius 2 is 1.76 bits per heavy atom. The van der Waals surface area contributed by atoms with Crippen molar-refractivity contribution in [3.63, 3.8) is 0 Å². The molecule has 2 rings (SSSR count). The predicted molar refractivity (Wildman–Crippen MR) is 59.9 cm³/mol. The number of nitrogens with zero attached hydrogens (tertiary/aromatic N) is 1. The van der Waals surface area contributed by atoms with Crippen LogP contribution < -0.4 is 0 Å². The minimum Gasteiger partial charge on any atom is -0.481 e. The summed E-state index contributed by atoms with van der Waals surface area (Å²) in [6.45, 7) is 0.306. The highest BCUT2D eigenvalue weighted by Gasteiger charge is 2.40. The zero-order valence-electron chi connectivity index (χ0n) is 9.11. The second-order valence-electron chi connectivity index (χ2n) is 4.15. The first-order chi connectivity index (χ1) is 8.09. The lowest BCUT2D eigenvalue weighted by molar-refractivity contribution is -0.141. The van der Waals surface area contributed by atoms with Gasteiger partial charge >= 0.3 is 12.1 Å². The molecule has 5 nitrogen and oxygen atoms in total. The number of likely N-dealkylation sites (tertiary alicyclic amines) is 1. The molecule has 90 valence electrons. The maximum atomic E-state index is 11.1. The normalized spacial score (nSPS) is 23.6. The molecule has 0 aliphatic carbocycles. The summed E-state index contributed by atoms with van der Waals surface area (Å²) in [5.41, 5.74) is 0.878. The van der Waals surface area contributed by atoms with E-state index in [0.717, 1.165) is 10.5 Å². The summed E-state index contributed by atoms with van der Waals surface area (Å²) < 4.78 is 0.